The molecule has 10 nitrogen and oxygen atoms in total. The highest BCUT2D eigenvalue weighted by molar-refractivity contribution is 5.93. The van der Waals surface area contributed by atoms with Crippen molar-refractivity contribution >= 4 is 11.8 Å². The second kappa shape index (κ2) is 9.55. The number of rotatable bonds is 8. The summed E-state index contributed by atoms with van der Waals surface area (Å²) in [6, 6.07) is 6.52. The van der Waals surface area contributed by atoms with Gasteiger partial charge >= 0.3 is 5.97 Å². The average Bonchev–Trinajstić information content (AvgIpc) is 3.36. The van der Waals surface area contributed by atoms with Crippen LogP contribution in [0.25, 0.3) is 0 Å². The number of hydrogen-bond acceptors (Lipinski definition) is 10. The number of likely N-dealkylation sites (tertiary alicyclic amines) is 1. The summed E-state index contributed by atoms with van der Waals surface area (Å²) in [7, 11) is 4.84. The van der Waals surface area contributed by atoms with Gasteiger partial charge < -0.3 is 34.3 Å². The van der Waals surface area contributed by atoms with Crippen LogP contribution in [-0.4, -0.2) is 113 Å². The number of carbonyl (C=O) groups excluding carboxylic acids is 2. The Balaban J connectivity index is 1.41. The Labute approximate surface area is 252 Å². The van der Waals surface area contributed by atoms with E-state index in [0.717, 1.165) is 0 Å². The Hall–Kier alpha value is -1.92. The lowest BCUT2D eigenvalue weighted by molar-refractivity contribution is -0.369. The second-order valence-electron chi connectivity index (χ2n) is 14.2. The third kappa shape index (κ3) is 3.28. The molecule has 3 unspecified atom stereocenters. The first kappa shape index (κ1) is 29.8. The molecule has 12 atom stereocenters. The maximum Gasteiger partial charge on any atom is 0.339 e. The van der Waals surface area contributed by atoms with Gasteiger partial charge in [0.15, 0.2) is 0 Å². The molecule has 1 aromatic rings. The highest BCUT2D eigenvalue weighted by atomic mass is 16.6. The summed E-state index contributed by atoms with van der Waals surface area (Å²) in [5, 5.41) is 38.7. The maximum atomic E-state index is 14.1. The molecule has 1 aromatic carbocycles. The minimum atomic E-state index is -1.92. The molecule has 10 heteroatoms. The normalized spacial score (nSPS) is 49.2. The Morgan fingerprint density at radius 3 is 2.42 bits per heavy atom. The zero-order chi connectivity index (χ0) is 30.7. The monoisotopic (exact) mass is 599 g/mol. The van der Waals surface area contributed by atoms with Crippen molar-refractivity contribution < 1.29 is 43.9 Å². The number of likely N-dealkylation sites (N-methyl/N-ethyl adjacent to an activating group) is 1. The van der Waals surface area contributed by atoms with E-state index in [9.17, 15) is 24.9 Å². The van der Waals surface area contributed by atoms with Crippen molar-refractivity contribution in [3.05, 3.63) is 35.4 Å². The van der Waals surface area contributed by atoms with Gasteiger partial charge in [0.05, 0.1) is 29.9 Å². The molecular weight excluding hydrogens is 554 g/mol. The number of benzene rings is 1. The summed E-state index contributed by atoms with van der Waals surface area (Å²) in [6.45, 7) is 4.46. The van der Waals surface area contributed by atoms with E-state index < -0.39 is 58.0 Å². The van der Waals surface area contributed by atoms with E-state index >= 15 is 0 Å². The quantitative estimate of drug-likeness (QED) is 0.378. The van der Waals surface area contributed by atoms with Crippen LogP contribution in [0.15, 0.2) is 24.3 Å². The zero-order valence-corrected chi connectivity index (χ0v) is 25.7. The third-order valence-electron chi connectivity index (χ3n) is 12.9. The van der Waals surface area contributed by atoms with Crippen LogP contribution in [0.1, 0.15) is 61.9 Å². The van der Waals surface area contributed by atoms with E-state index in [0.29, 0.717) is 43.5 Å². The van der Waals surface area contributed by atoms with Gasteiger partial charge in [0.1, 0.15) is 28.2 Å². The van der Waals surface area contributed by atoms with E-state index in [1.807, 2.05) is 13.0 Å². The first-order chi connectivity index (χ1) is 20.4. The van der Waals surface area contributed by atoms with Gasteiger partial charge in [-0.25, -0.2) is 4.79 Å². The molecule has 5 aliphatic carbocycles. The van der Waals surface area contributed by atoms with Crippen molar-refractivity contribution in [1.82, 2.24) is 4.90 Å². The third-order valence-corrected chi connectivity index (χ3v) is 12.9. The molecule has 7 bridgehead atoms. The number of fused-ring (bicyclic) bond motifs is 2. The number of piperidine rings is 1. The van der Waals surface area contributed by atoms with E-state index in [-0.39, 0.29) is 43.0 Å². The number of methoxy groups -OCH3 is 3. The van der Waals surface area contributed by atoms with Crippen LogP contribution in [0.5, 0.6) is 0 Å². The minimum Gasteiger partial charge on any atom is -0.454 e. The molecule has 0 aromatic heterocycles. The number of carbonyl (C=O) groups is 2. The number of ether oxygens (including phenoxy) is 4. The van der Waals surface area contributed by atoms with Crippen molar-refractivity contribution in [2.45, 2.75) is 99.1 Å². The largest absolute Gasteiger partial charge is 0.454 e. The van der Waals surface area contributed by atoms with E-state index in [2.05, 4.69) is 4.90 Å². The number of esters is 1. The summed E-state index contributed by atoms with van der Waals surface area (Å²) in [6.07, 6.45) is 0.470. The van der Waals surface area contributed by atoms with Gasteiger partial charge in [-0.1, -0.05) is 25.1 Å². The van der Waals surface area contributed by atoms with Gasteiger partial charge in [-0.05, 0) is 50.8 Å². The standard InChI is InChI=1S/C33H45NO9/c1-6-34-17-29(43-27(36)20-10-8-7-9-19(20)13-18(2)35)12-11-25(41-4)32-23-14-21-22(40-3)15-31(38,33(23,39)26(21)42-5)30(37,28(32)34)16-24(29)32/h7-10,21-26,28,37-39H,6,11-17H2,1-5H3/t21-,22+,23+,24-,25+,26+,28?,29-,30?,31+,32?,33+/m1/s1. The fourth-order valence-corrected chi connectivity index (χ4v) is 11.8. The molecule has 43 heavy (non-hydrogen) atoms. The van der Waals surface area contributed by atoms with Crippen molar-refractivity contribution in [1.29, 1.82) is 0 Å². The van der Waals surface area contributed by atoms with Gasteiger partial charge in [0, 0.05) is 63.9 Å². The van der Waals surface area contributed by atoms with Crippen molar-refractivity contribution in [2.24, 2.45) is 23.2 Å². The van der Waals surface area contributed by atoms with Crippen molar-refractivity contribution in [2.75, 3.05) is 34.4 Å². The molecule has 1 spiro atoms. The fourth-order valence-electron chi connectivity index (χ4n) is 11.8. The molecule has 236 valence electrons. The summed E-state index contributed by atoms with van der Waals surface area (Å²) < 4.78 is 24.9. The predicted octanol–water partition coefficient (Wildman–Crippen LogP) is 1.51. The highest BCUT2D eigenvalue weighted by Crippen LogP contribution is 2.80. The first-order valence-corrected chi connectivity index (χ1v) is 15.7. The molecular formula is C33H45NO9. The van der Waals surface area contributed by atoms with Gasteiger partial charge in [0.25, 0.3) is 0 Å². The molecule has 0 amide bonds. The predicted molar refractivity (Wildman–Crippen MR) is 153 cm³/mol. The van der Waals surface area contributed by atoms with Crippen molar-refractivity contribution in [3.8, 4) is 0 Å². The molecule has 1 aliphatic heterocycles. The maximum absolute atomic E-state index is 14.1. The topological polar surface area (TPSA) is 135 Å². The van der Waals surface area contributed by atoms with E-state index in [1.54, 1.807) is 39.5 Å². The number of ketones is 1. The van der Waals surface area contributed by atoms with Crippen LogP contribution < -0.4 is 0 Å². The van der Waals surface area contributed by atoms with E-state index in [4.69, 9.17) is 18.9 Å². The first-order valence-electron chi connectivity index (χ1n) is 15.7. The van der Waals surface area contributed by atoms with Gasteiger partial charge in [-0.2, -0.15) is 0 Å². The zero-order valence-electron chi connectivity index (χ0n) is 25.7. The summed E-state index contributed by atoms with van der Waals surface area (Å²) >= 11 is 0. The van der Waals surface area contributed by atoms with Crippen LogP contribution in [-0.2, 0) is 30.2 Å². The minimum absolute atomic E-state index is 0.0478. The Bertz CT molecular complexity index is 1340. The van der Waals surface area contributed by atoms with Crippen LogP contribution >= 0.6 is 0 Å². The number of Topliss-reactive ketones (excluding diaryl/α,β-unsaturated/α-hetero) is 1. The SMILES string of the molecule is CCN1C[C@]2(OC(=O)c3ccccc3CC(C)=O)CC[C@H](OC)C34C1C(O)(C[C@@H]32)[C@@]1(O)C[C@H](OC)[C@H]2C[C@@H]4[C@]1(O)[C@H]2OC. The number of nitrogens with zero attached hydrogens (tertiary/aromatic N) is 1. The number of aliphatic hydroxyl groups is 3. The fraction of sp³-hybridized carbons (Fsp3) is 0.758. The van der Waals surface area contributed by atoms with Gasteiger partial charge in [0.2, 0.25) is 0 Å². The smallest absolute Gasteiger partial charge is 0.339 e. The van der Waals surface area contributed by atoms with Crippen LogP contribution in [0, 0.1) is 23.2 Å². The lowest BCUT2D eigenvalue weighted by Gasteiger charge is -2.71. The Kier molecular flexibility index (Phi) is 6.61. The van der Waals surface area contributed by atoms with Crippen LogP contribution in [0.4, 0.5) is 0 Å². The molecule has 1 heterocycles. The second-order valence-corrected chi connectivity index (χ2v) is 14.2. The lowest BCUT2D eigenvalue weighted by Crippen LogP contribution is -2.87. The van der Waals surface area contributed by atoms with E-state index in [1.165, 1.54) is 6.92 Å². The average molecular weight is 600 g/mol. The van der Waals surface area contributed by atoms with Crippen LogP contribution in [0.3, 0.4) is 0 Å². The highest BCUT2D eigenvalue weighted by Gasteiger charge is 2.93. The number of hydrogen-bond donors (Lipinski definition) is 3. The van der Waals surface area contributed by atoms with Gasteiger partial charge in [-0.3, -0.25) is 9.69 Å². The van der Waals surface area contributed by atoms with Gasteiger partial charge in [-0.15, -0.1) is 0 Å². The summed E-state index contributed by atoms with van der Waals surface area (Å²) in [5.41, 5.74) is -6.28. The van der Waals surface area contributed by atoms with Crippen molar-refractivity contribution in [3.63, 3.8) is 0 Å². The molecule has 7 rings (SSSR count). The molecule has 6 aliphatic rings. The summed E-state index contributed by atoms with van der Waals surface area (Å²) in [4.78, 5) is 28.3. The Morgan fingerprint density at radius 2 is 1.77 bits per heavy atom. The molecule has 6 fully saturated rings. The molecule has 0 radical (unpaired) electrons. The Morgan fingerprint density at radius 1 is 1.02 bits per heavy atom. The molecule has 1 saturated heterocycles. The molecule has 5 saturated carbocycles. The van der Waals surface area contributed by atoms with Crippen LogP contribution in [0.2, 0.25) is 0 Å². The molecule has 3 N–H and O–H groups in total. The summed E-state index contributed by atoms with van der Waals surface area (Å²) in [5.74, 6) is -1.62. The lowest BCUT2D eigenvalue weighted by atomic mass is 9.43.